The van der Waals surface area contributed by atoms with Crippen LogP contribution < -0.4 is 5.32 Å². The Bertz CT molecular complexity index is 254. The molecule has 0 aromatic rings. The molecule has 1 rings (SSSR count). The van der Waals surface area contributed by atoms with Gasteiger partial charge in [-0.25, -0.2) is 0 Å². The van der Waals surface area contributed by atoms with E-state index in [1.165, 1.54) is 0 Å². The molecule has 0 radical (unpaired) electrons. The number of amides is 1. The third kappa shape index (κ3) is 4.61. The fraction of sp³-hybridized carbons (Fsp3) is 0.818. The zero-order chi connectivity index (χ0) is 12.0. The topological polar surface area (TPSA) is 75.6 Å². The second-order valence-electron chi connectivity index (χ2n) is 4.15. The molecule has 5 heteroatoms. The summed E-state index contributed by atoms with van der Waals surface area (Å²) in [7, 11) is 0. The standard InChI is InChI=1S/C11H19NO4/c1-8-5-6-9(16-8)11(15)12-7-3-2-4-10(13)14/h8-9H,2-7H2,1H3,(H,12,15)(H,13,14). The predicted molar refractivity (Wildman–Crippen MR) is 58.1 cm³/mol. The first-order valence-corrected chi connectivity index (χ1v) is 5.74. The lowest BCUT2D eigenvalue weighted by Crippen LogP contribution is -2.35. The summed E-state index contributed by atoms with van der Waals surface area (Å²) in [6.07, 6.45) is 3.02. The van der Waals surface area contributed by atoms with Crippen molar-refractivity contribution in [3.8, 4) is 0 Å². The molecule has 1 amide bonds. The zero-order valence-electron chi connectivity index (χ0n) is 9.57. The summed E-state index contributed by atoms with van der Waals surface area (Å²) < 4.78 is 5.41. The second-order valence-corrected chi connectivity index (χ2v) is 4.15. The first kappa shape index (κ1) is 13.0. The Morgan fingerprint density at radius 3 is 2.69 bits per heavy atom. The van der Waals surface area contributed by atoms with Crippen LogP contribution in [0.1, 0.15) is 39.0 Å². The molecule has 1 heterocycles. The Labute approximate surface area is 95.2 Å². The van der Waals surface area contributed by atoms with E-state index in [0.717, 1.165) is 12.8 Å². The number of carbonyl (C=O) groups is 2. The van der Waals surface area contributed by atoms with Crippen LogP contribution in [0, 0.1) is 0 Å². The molecule has 0 aromatic carbocycles. The van der Waals surface area contributed by atoms with Crippen LogP contribution in [0.15, 0.2) is 0 Å². The van der Waals surface area contributed by atoms with E-state index in [0.29, 0.717) is 19.4 Å². The molecule has 1 aliphatic rings. The smallest absolute Gasteiger partial charge is 0.303 e. The van der Waals surface area contributed by atoms with E-state index in [1.54, 1.807) is 0 Å². The summed E-state index contributed by atoms with van der Waals surface area (Å²) in [5.41, 5.74) is 0. The largest absolute Gasteiger partial charge is 0.481 e. The van der Waals surface area contributed by atoms with Gasteiger partial charge in [0.15, 0.2) is 0 Å². The highest BCUT2D eigenvalue weighted by Crippen LogP contribution is 2.18. The van der Waals surface area contributed by atoms with Gasteiger partial charge in [0.25, 0.3) is 0 Å². The summed E-state index contributed by atoms with van der Waals surface area (Å²) in [6, 6.07) is 0. The number of carboxylic acid groups (broad SMARTS) is 1. The number of unbranched alkanes of at least 4 members (excludes halogenated alkanes) is 1. The van der Waals surface area contributed by atoms with Crippen LogP contribution in [-0.4, -0.2) is 35.7 Å². The van der Waals surface area contributed by atoms with Crippen molar-refractivity contribution in [1.29, 1.82) is 0 Å². The molecule has 92 valence electrons. The molecule has 0 spiro atoms. The maximum Gasteiger partial charge on any atom is 0.303 e. The van der Waals surface area contributed by atoms with Gasteiger partial charge in [0.1, 0.15) is 6.10 Å². The molecule has 16 heavy (non-hydrogen) atoms. The molecular weight excluding hydrogens is 210 g/mol. The highest BCUT2D eigenvalue weighted by atomic mass is 16.5. The quantitative estimate of drug-likeness (QED) is 0.664. The number of ether oxygens (including phenoxy) is 1. The highest BCUT2D eigenvalue weighted by Gasteiger charge is 2.27. The van der Waals surface area contributed by atoms with E-state index < -0.39 is 5.97 Å². The fourth-order valence-corrected chi connectivity index (χ4v) is 1.72. The van der Waals surface area contributed by atoms with Crippen molar-refractivity contribution in [3.63, 3.8) is 0 Å². The Hall–Kier alpha value is -1.10. The van der Waals surface area contributed by atoms with Crippen molar-refractivity contribution in [3.05, 3.63) is 0 Å². The average molecular weight is 229 g/mol. The van der Waals surface area contributed by atoms with Crippen molar-refractivity contribution in [2.24, 2.45) is 0 Å². The van der Waals surface area contributed by atoms with Crippen molar-refractivity contribution in [1.82, 2.24) is 5.32 Å². The third-order valence-corrected chi connectivity index (χ3v) is 2.64. The van der Waals surface area contributed by atoms with Gasteiger partial charge in [-0.15, -0.1) is 0 Å². The Morgan fingerprint density at radius 2 is 2.12 bits per heavy atom. The summed E-state index contributed by atoms with van der Waals surface area (Å²) in [4.78, 5) is 21.8. The van der Waals surface area contributed by atoms with Crippen LogP contribution >= 0.6 is 0 Å². The van der Waals surface area contributed by atoms with Crippen LogP contribution in [-0.2, 0) is 14.3 Å². The fourth-order valence-electron chi connectivity index (χ4n) is 1.72. The monoisotopic (exact) mass is 229 g/mol. The maximum absolute atomic E-state index is 11.5. The van der Waals surface area contributed by atoms with Crippen LogP contribution in [0.4, 0.5) is 0 Å². The molecular formula is C11H19NO4. The lowest BCUT2D eigenvalue weighted by molar-refractivity contribution is -0.137. The van der Waals surface area contributed by atoms with E-state index >= 15 is 0 Å². The molecule has 1 fully saturated rings. The lowest BCUT2D eigenvalue weighted by atomic mass is 10.2. The van der Waals surface area contributed by atoms with Gasteiger partial charge in [-0.05, 0) is 32.6 Å². The number of nitrogens with one attached hydrogen (secondary N) is 1. The van der Waals surface area contributed by atoms with Gasteiger partial charge < -0.3 is 15.2 Å². The van der Waals surface area contributed by atoms with Gasteiger partial charge in [-0.1, -0.05) is 0 Å². The molecule has 2 atom stereocenters. The van der Waals surface area contributed by atoms with Crippen molar-refractivity contribution in [2.45, 2.75) is 51.2 Å². The first-order chi connectivity index (χ1) is 7.59. The maximum atomic E-state index is 11.5. The van der Waals surface area contributed by atoms with Crippen LogP contribution in [0.3, 0.4) is 0 Å². The molecule has 2 N–H and O–H groups in total. The SMILES string of the molecule is CC1CCC(C(=O)NCCCCC(=O)O)O1. The minimum Gasteiger partial charge on any atom is -0.481 e. The highest BCUT2D eigenvalue weighted by molar-refractivity contribution is 5.80. The van der Waals surface area contributed by atoms with Gasteiger partial charge in [0.05, 0.1) is 6.10 Å². The number of aliphatic carboxylic acids is 1. The van der Waals surface area contributed by atoms with E-state index in [4.69, 9.17) is 9.84 Å². The van der Waals surface area contributed by atoms with Gasteiger partial charge in [-0.2, -0.15) is 0 Å². The summed E-state index contributed by atoms with van der Waals surface area (Å²) in [5, 5.41) is 11.2. The molecule has 1 aliphatic heterocycles. The van der Waals surface area contributed by atoms with Crippen molar-refractivity contribution < 1.29 is 19.4 Å². The van der Waals surface area contributed by atoms with Gasteiger partial charge in [-0.3, -0.25) is 9.59 Å². The van der Waals surface area contributed by atoms with E-state index in [-0.39, 0.29) is 24.5 Å². The molecule has 0 saturated carbocycles. The van der Waals surface area contributed by atoms with Gasteiger partial charge >= 0.3 is 5.97 Å². The normalized spacial score (nSPS) is 24.3. The Balaban J connectivity index is 2.04. The Kier molecular flexibility index (Phi) is 5.25. The predicted octanol–water partition coefficient (Wildman–Crippen LogP) is 0.925. The Morgan fingerprint density at radius 1 is 1.38 bits per heavy atom. The average Bonchev–Trinajstić information content (AvgIpc) is 2.63. The number of carboxylic acids is 1. The van der Waals surface area contributed by atoms with E-state index in [1.807, 2.05) is 6.92 Å². The molecule has 2 unspecified atom stereocenters. The van der Waals surface area contributed by atoms with Gasteiger partial charge in [0.2, 0.25) is 5.91 Å². The second kappa shape index (κ2) is 6.48. The minimum absolute atomic E-state index is 0.0697. The van der Waals surface area contributed by atoms with Crippen molar-refractivity contribution in [2.75, 3.05) is 6.54 Å². The summed E-state index contributed by atoms with van der Waals surface area (Å²) >= 11 is 0. The lowest BCUT2D eigenvalue weighted by Gasteiger charge is -2.11. The van der Waals surface area contributed by atoms with Crippen LogP contribution in [0.2, 0.25) is 0 Å². The minimum atomic E-state index is -0.792. The molecule has 1 saturated heterocycles. The van der Waals surface area contributed by atoms with Gasteiger partial charge in [0, 0.05) is 13.0 Å². The van der Waals surface area contributed by atoms with Crippen LogP contribution in [0.5, 0.6) is 0 Å². The molecule has 0 aliphatic carbocycles. The first-order valence-electron chi connectivity index (χ1n) is 5.74. The number of hydrogen-bond acceptors (Lipinski definition) is 3. The molecule has 5 nitrogen and oxygen atoms in total. The summed E-state index contributed by atoms with van der Waals surface area (Å²) in [6.45, 7) is 2.49. The zero-order valence-corrected chi connectivity index (χ0v) is 9.57. The third-order valence-electron chi connectivity index (χ3n) is 2.64. The van der Waals surface area contributed by atoms with E-state index in [9.17, 15) is 9.59 Å². The van der Waals surface area contributed by atoms with Crippen molar-refractivity contribution >= 4 is 11.9 Å². The number of rotatable bonds is 6. The number of carbonyl (C=O) groups excluding carboxylic acids is 1. The number of hydrogen-bond donors (Lipinski definition) is 2. The summed E-state index contributed by atoms with van der Waals surface area (Å²) in [5.74, 6) is -0.862. The van der Waals surface area contributed by atoms with E-state index in [2.05, 4.69) is 5.32 Å². The van der Waals surface area contributed by atoms with Crippen LogP contribution in [0.25, 0.3) is 0 Å². The molecule has 0 aromatic heterocycles. The molecule has 0 bridgehead atoms.